The highest BCUT2D eigenvalue weighted by Gasteiger charge is 2.45. The second-order valence-electron chi connectivity index (χ2n) is 6.61. The lowest BCUT2D eigenvalue weighted by molar-refractivity contribution is -0.183. The first-order valence-electron chi connectivity index (χ1n) is 8.76. The van der Waals surface area contributed by atoms with Crippen molar-refractivity contribution in [3.63, 3.8) is 0 Å². The van der Waals surface area contributed by atoms with E-state index in [0.29, 0.717) is 25.2 Å². The third kappa shape index (κ3) is 3.13. The van der Waals surface area contributed by atoms with Gasteiger partial charge in [0.1, 0.15) is 0 Å². The minimum absolute atomic E-state index is 0.0741. The second-order valence-corrected chi connectivity index (χ2v) is 6.61. The van der Waals surface area contributed by atoms with Gasteiger partial charge in [0.05, 0.1) is 11.7 Å². The van der Waals surface area contributed by atoms with Gasteiger partial charge in [0.15, 0.2) is 0 Å². The number of rotatable bonds is 3. The minimum atomic E-state index is -0.255. The van der Waals surface area contributed by atoms with Crippen molar-refractivity contribution in [1.82, 2.24) is 9.47 Å². The van der Waals surface area contributed by atoms with Crippen LogP contribution in [0.15, 0.2) is 23.1 Å². The Bertz CT molecular complexity index is 647. The summed E-state index contributed by atoms with van der Waals surface area (Å²) in [6, 6.07) is 3.16. The van der Waals surface area contributed by atoms with Crippen LogP contribution in [-0.2, 0) is 16.0 Å². The van der Waals surface area contributed by atoms with E-state index >= 15 is 0 Å². The largest absolute Gasteiger partial charge is 0.378 e. The topological polar surface area (TPSA) is 60.8 Å². The monoisotopic (exact) mass is 334 g/mol. The summed E-state index contributed by atoms with van der Waals surface area (Å²) in [5, 5.41) is 0. The van der Waals surface area contributed by atoms with Gasteiger partial charge in [-0.15, -0.1) is 0 Å². The lowest BCUT2D eigenvalue weighted by Crippen LogP contribution is -2.56. The van der Waals surface area contributed by atoms with E-state index < -0.39 is 0 Å². The summed E-state index contributed by atoms with van der Waals surface area (Å²) < 4.78 is 13.3. The third-order valence-electron chi connectivity index (χ3n) is 5.35. The number of likely N-dealkylation sites (tertiary alicyclic amines) is 1. The van der Waals surface area contributed by atoms with E-state index in [1.54, 1.807) is 23.9 Å². The molecule has 0 aromatic carbocycles. The summed E-state index contributed by atoms with van der Waals surface area (Å²) in [5.74, 6) is -0.0741. The number of aromatic nitrogens is 1. The number of pyridine rings is 1. The number of piperidine rings is 1. The van der Waals surface area contributed by atoms with Crippen LogP contribution in [0.1, 0.15) is 43.0 Å². The SMILES string of the molecule is CCn1ccc(C(=O)N2CCC3(CC2)OCCCC3OC)cc1=O. The number of carbonyl (C=O) groups excluding carboxylic acids is 1. The molecule has 3 heterocycles. The molecular weight excluding hydrogens is 308 g/mol. The fourth-order valence-electron chi connectivity index (χ4n) is 3.87. The van der Waals surface area contributed by atoms with Crippen molar-refractivity contribution in [3.8, 4) is 0 Å². The second kappa shape index (κ2) is 7.07. The molecule has 2 aliphatic heterocycles. The Morgan fingerprint density at radius 3 is 2.79 bits per heavy atom. The molecule has 6 nitrogen and oxygen atoms in total. The maximum Gasteiger partial charge on any atom is 0.254 e. The van der Waals surface area contributed by atoms with Gasteiger partial charge in [0.2, 0.25) is 0 Å². The Morgan fingerprint density at radius 1 is 1.42 bits per heavy atom. The zero-order valence-corrected chi connectivity index (χ0v) is 14.5. The fraction of sp³-hybridized carbons (Fsp3) is 0.667. The first-order chi connectivity index (χ1) is 11.6. The third-order valence-corrected chi connectivity index (χ3v) is 5.35. The van der Waals surface area contributed by atoms with Crippen LogP contribution in [0.2, 0.25) is 0 Å². The highest BCUT2D eigenvalue weighted by Crippen LogP contribution is 2.37. The Kier molecular flexibility index (Phi) is 5.06. The first-order valence-corrected chi connectivity index (χ1v) is 8.76. The number of methoxy groups -OCH3 is 1. The molecule has 1 aromatic rings. The zero-order chi connectivity index (χ0) is 17.2. The maximum atomic E-state index is 12.7. The van der Waals surface area contributed by atoms with Crippen molar-refractivity contribution in [2.75, 3.05) is 26.8 Å². The summed E-state index contributed by atoms with van der Waals surface area (Å²) in [5.41, 5.74) is 0.0791. The molecule has 1 atom stereocenters. The van der Waals surface area contributed by atoms with E-state index in [0.717, 1.165) is 32.3 Å². The molecule has 2 fully saturated rings. The van der Waals surface area contributed by atoms with Crippen LogP contribution in [-0.4, -0.2) is 53.9 Å². The highest BCUT2D eigenvalue weighted by atomic mass is 16.5. The standard InChI is InChI=1S/C18H26N2O4/c1-3-19-9-6-14(13-16(19)21)17(22)20-10-7-18(8-11-20)15(23-2)5-4-12-24-18/h6,9,13,15H,3-5,7-8,10-12H2,1-2H3. The van der Waals surface area contributed by atoms with E-state index in [1.165, 1.54) is 6.07 Å². The molecule has 1 unspecified atom stereocenters. The lowest BCUT2D eigenvalue weighted by atomic mass is 9.81. The van der Waals surface area contributed by atoms with E-state index in [-0.39, 0.29) is 23.2 Å². The number of nitrogens with zero attached hydrogens (tertiary/aromatic N) is 2. The van der Waals surface area contributed by atoms with Crippen molar-refractivity contribution in [2.24, 2.45) is 0 Å². The quantitative estimate of drug-likeness (QED) is 0.844. The van der Waals surface area contributed by atoms with Crippen molar-refractivity contribution >= 4 is 5.91 Å². The summed E-state index contributed by atoms with van der Waals surface area (Å²) in [4.78, 5) is 26.4. The number of amides is 1. The molecule has 6 heteroatoms. The Balaban J connectivity index is 1.69. The summed E-state index contributed by atoms with van der Waals surface area (Å²) in [7, 11) is 1.74. The zero-order valence-electron chi connectivity index (χ0n) is 14.5. The molecule has 0 N–H and O–H groups in total. The summed E-state index contributed by atoms with van der Waals surface area (Å²) >= 11 is 0. The number of ether oxygens (including phenoxy) is 2. The Hall–Kier alpha value is -1.66. The molecule has 0 aliphatic carbocycles. The molecule has 1 amide bonds. The number of hydrogen-bond acceptors (Lipinski definition) is 4. The fourth-order valence-corrected chi connectivity index (χ4v) is 3.87. The van der Waals surface area contributed by atoms with Gasteiger partial charge >= 0.3 is 0 Å². The highest BCUT2D eigenvalue weighted by molar-refractivity contribution is 5.94. The number of hydrogen-bond donors (Lipinski definition) is 0. The van der Waals surface area contributed by atoms with Crippen LogP contribution >= 0.6 is 0 Å². The van der Waals surface area contributed by atoms with E-state index in [9.17, 15) is 9.59 Å². The number of carbonyl (C=O) groups is 1. The Labute approximate surface area is 142 Å². The van der Waals surface area contributed by atoms with Gasteiger partial charge in [0, 0.05) is 51.2 Å². The van der Waals surface area contributed by atoms with Gasteiger partial charge in [-0.3, -0.25) is 9.59 Å². The molecule has 1 aromatic heterocycles. The van der Waals surface area contributed by atoms with E-state index in [1.807, 2.05) is 11.8 Å². The molecule has 0 saturated carbocycles. The van der Waals surface area contributed by atoms with Crippen LogP contribution in [0, 0.1) is 0 Å². The molecule has 2 aliphatic rings. The van der Waals surface area contributed by atoms with Crippen LogP contribution in [0.3, 0.4) is 0 Å². The van der Waals surface area contributed by atoms with E-state index in [4.69, 9.17) is 9.47 Å². The van der Waals surface area contributed by atoms with Crippen LogP contribution in [0.4, 0.5) is 0 Å². The number of aryl methyl sites for hydroxylation is 1. The predicted octanol–water partition coefficient (Wildman–Crippen LogP) is 1.67. The van der Waals surface area contributed by atoms with Crippen molar-refractivity contribution in [2.45, 2.75) is 50.9 Å². The molecular formula is C18H26N2O4. The van der Waals surface area contributed by atoms with Gasteiger partial charge in [-0.1, -0.05) is 0 Å². The van der Waals surface area contributed by atoms with Crippen LogP contribution in [0.25, 0.3) is 0 Å². The van der Waals surface area contributed by atoms with Gasteiger partial charge in [0.25, 0.3) is 11.5 Å². The van der Waals surface area contributed by atoms with Crippen LogP contribution < -0.4 is 5.56 Å². The van der Waals surface area contributed by atoms with Crippen molar-refractivity contribution < 1.29 is 14.3 Å². The average molecular weight is 334 g/mol. The molecule has 0 radical (unpaired) electrons. The van der Waals surface area contributed by atoms with Crippen LogP contribution in [0.5, 0.6) is 0 Å². The molecule has 0 bridgehead atoms. The average Bonchev–Trinajstić information content (AvgIpc) is 2.62. The molecule has 3 rings (SSSR count). The first kappa shape index (κ1) is 17.2. The summed E-state index contributed by atoms with van der Waals surface area (Å²) in [6.07, 6.45) is 5.40. The summed E-state index contributed by atoms with van der Waals surface area (Å²) in [6.45, 7) is 4.55. The van der Waals surface area contributed by atoms with Gasteiger partial charge in [-0.2, -0.15) is 0 Å². The molecule has 1 spiro atoms. The molecule has 24 heavy (non-hydrogen) atoms. The smallest absolute Gasteiger partial charge is 0.254 e. The molecule has 2 saturated heterocycles. The lowest BCUT2D eigenvalue weighted by Gasteiger charge is -2.48. The van der Waals surface area contributed by atoms with Gasteiger partial charge in [-0.25, -0.2) is 0 Å². The van der Waals surface area contributed by atoms with E-state index in [2.05, 4.69) is 0 Å². The maximum absolute atomic E-state index is 12.7. The predicted molar refractivity (Wildman–Crippen MR) is 90.2 cm³/mol. The van der Waals surface area contributed by atoms with Crippen molar-refractivity contribution in [1.29, 1.82) is 0 Å². The van der Waals surface area contributed by atoms with Gasteiger partial charge in [-0.05, 0) is 38.7 Å². The van der Waals surface area contributed by atoms with Gasteiger partial charge < -0.3 is 18.9 Å². The molecule has 132 valence electrons. The minimum Gasteiger partial charge on any atom is -0.378 e. The van der Waals surface area contributed by atoms with Crippen molar-refractivity contribution in [3.05, 3.63) is 34.2 Å². The normalized spacial score (nSPS) is 23.4. The Morgan fingerprint density at radius 2 is 2.17 bits per heavy atom.